The highest BCUT2D eigenvalue weighted by Gasteiger charge is 2.27. The first-order valence-electron chi connectivity index (χ1n) is 5.64. The molecule has 0 atom stereocenters. The molecule has 0 aliphatic carbocycles. The molecule has 0 aliphatic heterocycles. The van der Waals surface area contributed by atoms with Crippen LogP contribution in [0.3, 0.4) is 0 Å². The maximum Gasteiger partial charge on any atom is 0.303 e. The molecule has 0 saturated carbocycles. The van der Waals surface area contributed by atoms with Gasteiger partial charge in [0.05, 0.1) is 5.02 Å². The summed E-state index contributed by atoms with van der Waals surface area (Å²) in [6.07, 6.45) is 0.0735. The minimum Gasteiger partial charge on any atom is -0.481 e. The van der Waals surface area contributed by atoms with Crippen LogP contribution in [0.1, 0.15) is 26.7 Å². The molecule has 0 heterocycles. The van der Waals surface area contributed by atoms with Crippen molar-refractivity contribution in [2.24, 2.45) is 0 Å². The van der Waals surface area contributed by atoms with Crippen LogP contribution < -0.4 is 4.72 Å². The standard InChI is InChI=1S/C12H16ClNO4S/c1-12(2,8-7-11(15)16)14-19(17,18)10-6-4-3-5-9(10)13/h3-6,14H,7-8H2,1-2H3,(H,15,16). The number of carboxylic acid groups (broad SMARTS) is 1. The summed E-state index contributed by atoms with van der Waals surface area (Å²) in [7, 11) is -3.77. The summed E-state index contributed by atoms with van der Waals surface area (Å²) in [5.41, 5.74) is -0.865. The van der Waals surface area contributed by atoms with Crippen LogP contribution in [0.4, 0.5) is 0 Å². The first kappa shape index (κ1) is 15.9. The molecule has 0 unspecified atom stereocenters. The van der Waals surface area contributed by atoms with Crippen molar-refractivity contribution < 1.29 is 18.3 Å². The molecule has 0 fully saturated rings. The summed E-state index contributed by atoms with van der Waals surface area (Å²) in [5, 5.41) is 8.77. The first-order valence-corrected chi connectivity index (χ1v) is 7.50. The van der Waals surface area contributed by atoms with Crippen molar-refractivity contribution in [2.75, 3.05) is 0 Å². The van der Waals surface area contributed by atoms with Gasteiger partial charge in [-0.3, -0.25) is 4.79 Å². The number of carboxylic acids is 1. The van der Waals surface area contributed by atoms with Gasteiger partial charge < -0.3 is 5.11 Å². The topological polar surface area (TPSA) is 83.5 Å². The molecule has 1 aromatic carbocycles. The van der Waals surface area contributed by atoms with Crippen LogP contribution in [0.25, 0.3) is 0 Å². The van der Waals surface area contributed by atoms with Gasteiger partial charge in [0.1, 0.15) is 4.90 Å². The van der Waals surface area contributed by atoms with Crippen molar-refractivity contribution in [2.45, 2.75) is 37.1 Å². The number of nitrogens with one attached hydrogen (secondary N) is 1. The predicted molar refractivity (Wildman–Crippen MR) is 72.7 cm³/mol. The van der Waals surface area contributed by atoms with Gasteiger partial charge in [-0.05, 0) is 32.4 Å². The number of sulfonamides is 1. The van der Waals surface area contributed by atoms with E-state index < -0.39 is 21.5 Å². The van der Waals surface area contributed by atoms with Gasteiger partial charge in [-0.15, -0.1) is 0 Å². The average molecular weight is 306 g/mol. The SMILES string of the molecule is CC(C)(CCC(=O)O)NS(=O)(=O)c1ccccc1Cl. The summed E-state index contributed by atoms with van der Waals surface area (Å²) >= 11 is 5.85. The van der Waals surface area contributed by atoms with Crippen LogP contribution >= 0.6 is 11.6 Å². The third-order valence-corrected chi connectivity index (χ3v) is 4.70. The van der Waals surface area contributed by atoms with E-state index in [1.54, 1.807) is 26.0 Å². The van der Waals surface area contributed by atoms with E-state index in [0.717, 1.165) is 0 Å². The number of hydrogen-bond acceptors (Lipinski definition) is 3. The second-order valence-corrected chi connectivity index (χ2v) is 6.87. The van der Waals surface area contributed by atoms with Gasteiger partial charge in [-0.25, -0.2) is 13.1 Å². The van der Waals surface area contributed by atoms with Crippen molar-refractivity contribution in [3.63, 3.8) is 0 Å². The minimum absolute atomic E-state index is 0.0138. The quantitative estimate of drug-likeness (QED) is 0.844. The minimum atomic E-state index is -3.77. The van der Waals surface area contributed by atoms with E-state index in [0.29, 0.717) is 0 Å². The van der Waals surface area contributed by atoms with E-state index in [9.17, 15) is 13.2 Å². The van der Waals surface area contributed by atoms with Crippen LogP contribution in [-0.2, 0) is 14.8 Å². The lowest BCUT2D eigenvalue weighted by Crippen LogP contribution is -2.43. The average Bonchev–Trinajstić information content (AvgIpc) is 2.25. The molecule has 0 aromatic heterocycles. The van der Waals surface area contributed by atoms with E-state index in [-0.39, 0.29) is 22.8 Å². The smallest absolute Gasteiger partial charge is 0.303 e. The normalized spacial score (nSPS) is 12.4. The molecule has 0 aliphatic rings. The molecule has 2 N–H and O–H groups in total. The molecule has 0 saturated heterocycles. The first-order chi connectivity index (χ1) is 8.64. The Hall–Kier alpha value is -1.11. The van der Waals surface area contributed by atoms with Gasteiger partial charge >= 0.3 is 5.97 Å². The van der Waals surface area contributed by atoms with Crippen LogP contribution in [0, 0.1) is 0 Å². The third kappa shape index (κ3) is 4.81. The van der Waals surface area contributed by atoms with Gasteiger partial charge in [0.2, 0.25) is 10.0 Å². The number of hydrogen-bond donors (Lipinski definition) is 2. The number of rotatable bonds is 6. The maximum absolute atomic E-state index is 12.2. The largest absolute Gasteiger partial charge is 0.481 e. The van der Waals surface area contributed by atoms with E-state index in [4.69, 9.17) is 16.7 Å². The fourth-order valence-electron chi connectivity index (χ4n) is 1.55. The van der Waals surface area contributed by atoms with Crippen molar-refractivity contribution in [3.05, 3.63) is 29.3 Å². The summed E-state index contributed by atoms with van der Waals surface area (Å²) in [4.78, 5) is 10.5. The Bertz CT molecular complexity index is 569. The summed E-state index contributed by atoms with van der Waals surface area (Å²) < 4.78 is 26.8. The molecule has 106 valence electrons. The zero-order valence-corrected chi connectivity index (χ0v) is 12.3. The molecule has 5 nitrogen and oxygen atoms in total. The Morgan fingerprint density at radius 1 is 1.37 bits per heavy atom. The molecular weight excluding hydrogens is 290 g/mol. The van der Waals surface area contributed by atoms with Crippen LogP contribution in [0.15, 0.2) is 29.2 Å². The molecule has 1 aromatic rings. The van der Waals surface area contributed by atoms with E-state index in [1.807, 2.05) is 0 Å². The number of halogens is 1. The Morgan fingerprint density at radius 3 is 2.47 bits per heavy atom. The van der Waals surface area contributed by atoms with Gasteiger partial charge in [0.25, 0.3) is 0 Å². The lowest BCUT2D eigenvalue weighted by Gasteiger charge is -2.25. The lowest BCUT2D eigenvalue weighted by molar-refractivity contribution is -0.137. The number of benzene rings is 1. The molecule has 7 heteroatoms. The van der Waals surface area contributed by atoms with Gasteiger partial charge in [0.15, 0.2) is 0 Å². The van der Waals surface area contributed by atoms with E-state index in [2.05, 4.69) is 4.72 Å². The van der Waals surface area contributed by atoms with Crippen LogP contribution in [-0.4, -0.2) is 25.0 Å². The number of aliphatic carboxylic acids is 1. The molecule has 0 radical (unpaired) electrons. The van der Waals surface area contributed by atoms with Gasteiger partial charge in [0, 0.05) is 12.0 Å². The Balaban J connectivity index is 2.91. The predicted octanol–water partition coefficient (Wildman–Crippen LogP) is 2.26. The van der Waals surface area contributed by atoms with Crippen molar-refractivity contribution in [1.82, 2.24) is 4.72 Å². The summed E-state index contributed by atoms with van der Waals surface area (Å²) in [6.45, 7) is 3.26. The molecule has 0 bridgehead atoms. The van der Waals surface area contributed by atoms with Gasteiger partial charge in [-0.2, -0.15) is 0 Å². The monoisotopic (exact) mass is 305 g/mol. The van der Waals surface area contributed by atoms with E-state index >= 15 is 0 Å². The fourth-order valence-corrected chi connectivity index (χ4v) is 3.51. The van der Waals surface area contributed by atoms with Crippen molar-refractivity contribution in [3.8, 4) is 0 Å². The van der Waals surface area contributed by atoms with Crippen LogP contribution in [0.5, 0.6) is 0 Å². The van der Waals surface area contributed by atoms with Crippen LogP contribution in [0.2, 0.25) is 5.02 Å². The van der Waals surface area contributed by atoms with Crippen molar-refractivity contribution in [1.29, 1.82) is 0 Å². The molecule has 0 spiro atoms. The Kier molecular flexibility index (Phi) is 4.95. The zero-order valence-electron chi connectivity index (χ0n) is 10.7. The lowest BCUT2D eigenvalue weighted by atomic mass is 10.0. The highest BCUT2D eigenvalue weighted by molar-refractivity contribution is 7.89. The molecule has 0 amide bonds. The van der Waals surface area contributed by atoms with Crippen molar-refractivity contribution >= 4 is 27.6 Å². The second kappa shape index (κ2) is 5.90. The molecule has 1 rings (SSSR count). The van der Waals surface area contributed by atoms with E-state index in [1.165, 1.54) is 12.1 Å². The molecule has 19 heavy (non-hydrogen) atoms. The molecular formula is C12H16ClNO4S. The highest BCUT2D eigenvalue weighted by atomic mass is 35.5. The Labute approximate surface area is 117 Å². The fraction of sp³-hybridized carbons (Fsp3) is 0.417. The Morgan fingerprint density at radius 2 is 1.95 bits per heavy atom. The van der Waals surface area contributed by atoms with Gasteiger partial charge in [-0.1, -0.05) is 23.7 Å². The summed E-state index contributed by atoms with van der Waals surface area (Å²) in [5.74, 6) is -0.968. The number of carbonyl (C=O) groups is 1. The summed E-state index contributed by atoms with van der Waals surface area (Å²) in [6, 6.07) is 6.10. The maximum atomic E-state index is 12.2. The second-order valence-electron chi connectivity index (χ2n) is 4.81. The zero-order chi connectivity index (χ0) is 14.7. The highest BCUT2D eigenvalue weighted by Crippen LogP contribution is 2.23. The third-order valence-electron chi connectivity index (χ3n) is 2.50.